The number of benzene rings is 1. The lowest BCUT2D eigenvalue weighted by Gasteiger charge is -2.24. The molecule has 0 amide bonds. The highest BCUT2D eigenvalue weighted by Gasteiger charge is 2.18. The lowest BCUT2D eigenvalue weighted by molar-refractivity contribution is 0.181. The van der Waals surface area contributed by atoms with Gasteiger partial charge in [0.1, 0.15) is 12.4 Å². The van der Waals surface area contributed by atoms with E-state index in [4.69, 9.17) is 9.47 Å². The third-order valence-corrected chi connectivity index (χ3v) is 4.07. The van der Waals surface area contributed by atoms with E-state index in [2.05, 4.69) is 61.2 Å². The van der Waals surface area contributed by atoms with Crippen LogP contribution in [-0.2, 0) is 4.74 Å². The van der Waals surface area contributed by atoms with Crippen molar-refractivity contribution in [2.75, 3.05) is 46.5 Å². The molecular formula is C19H31N3O2. The molecule has 24 heavy (non-hydrogen) atoms. The first-order valence-electron chi connectivity index (χ1n) is 8.86. The smallest absolute Gasteiger partial charge is 0.193 e. The third kappa shape index (κ3) is 6.04. The van der Waals surface area contributed by atoms with E-state index in [1.165, 1.54) is 11.1 Å². The van der Waals surface area contributed by atoms with Gasteiger partial charge in [-0.25, -0.2) is 4.99 Å². The van der Waals surface area contributed by atoms with Gasteiger partial charge in [-0.05, 0) is 50.5 Å². The second-order valence-corrected chi connectivity index (χ2v) is 6.52. The van der Waals surface area contributed by atoms with E-state index in [1.54, 1.807) is 0 Å². The second kappa shape index (κ2) is 9.52. The maximum absolute atomic E-state index is 5.84. The molecule has 1 atom stereocenters. The number of nitrogens with one attached hydrogen (secondary N) is 1. The zero-order valence-corrected chi connectivity index (χ0v) is 15.5. The van der Waals surface area contributed by atoms with E-state index in [0.29, 0.717) is 19.1 Å². The van der Waals surface area contributed by atoms with E-state index in [1.807, 2.05) is 0 Å². The maximum atomic E-state index is 5.84. The number of aliphatic imine (C=N–C) groups is 1. The Hall–Kier alpha value is -1.75. The molecule has 2 rings (SSSR count). The van der Waals surface area contributed by atoms with Crippen molar-refractivity contribution in [2.45, 2.75) is 27.2 Å². The van der Waals surface area contributed by atoms with Crippen molar-refractivity contribution in [1.82, 2.24) is 10.2 Å². The zero-order chi connectivity index (χ0) is 17.4. The normalized spacial score (nSPS) is 17.8. The summed E-state index contributed by atoms with van der Waals surface area (Å²) < 4.78 is 11.3. The van der Waals surface area contributed by atoms with Crippen molar-refractivity contribution >= 4 is 5.96 Å². The molecule has 0 saturated carbocycles. The SMILES string of the molecule is CCNC(=NCCOc1cc(C)cc(C)c1)N(C)CC1CCOC1. The average Bonchev–Trinajstić information content (AvgIpc) is 3.02. The average molecular weight is 333 g/mol. The van der Waals surface area contributed by atoms with Gasteiger partial charge in [-0.1, -0.05) is 6.07 Å². The predicted molar refractivity (Wildman–Crippen MR) is 98.9 cm³/mol. The van der Waals surface area contributed by atoms with Gasteiger partial charge < -0.3 is 19.7 Å². The first-order chi connectivity index (χ1) is 11.6. The molecule has 1 aromatic carbocycles. The van der Waals surface area contributed by atoms with Crippen LogP contribution in [0.3, 0.4) is 0 Å². The monoisotopic (exact) mass is 333 g/mol. The molecular weight excluding hydrogens is 302 g/mol. The Morgan fingerprint density at radius 2 is 2.08 bits per heavy atom. The van der Waals surface area contributed by atoms with Crippen LogP contribution in [0.25, 0.3) is 0 Å². The van der Waals surface area contributed by atoms with Gasteiger partial charge in [-0.15, -0.1) is 0 Å². The van der Waals surface area contributed by atoms with E-state index in [9.17, 15) is 0 Å². The van der Waals surface area contributed by atoms with E-state index in [0.717, 1.165) is 44.4 Å². The molecule has 0 aliphatic carbocycles. The molecule has 1 saturated heterocycles. The van der Waals surface area contributed by atoms with Gasteiger partial charge >= 0.3 is 0 Å². The van der Waals surface area contributed by atoms with Crippen LogP contribution < -0.4 is 10.1 Å². The number of aryl methyl sites for hydroxylation is 2. The Balaban J connectivity index is 1.83. The van der Waals surface area contributed by atoms with Crippen LogP contribution in [0.2, 0.25) is 0 Å². The van der Waals surface area contributed by atoms with Crippen LogP contribution >= 0.6 is 0 Å². The highest BCUT2D eigenvalue weighted by Crippen LogP contribution is 2.16. The van der Waals surface area contributed by atoms with Crippen molar-refractivity contribution in [2.24, 2.45) is 10.9 Å². The Morgan fingerprint density at radius 3 is 2.71 bits per heavy atom. The molecule has 1 N–H and O–H groups in total. The van der Waals surface area contributed by atoms with Crippen LogP contribution in [0, 0.1) is 19.8 Å². The van der Waals surface area contributed by atoms with Gasteiger partial charge in [0.25, 0.3) is 0 Å². The van der Waals surface area contributed by atoms with Crippen LogP contribution in [0.15, 0.2) is 23.2 Å². The third-order valence-electron chi connectivity index (χ3n) is 4.07. The molecule has 0 aromatic heterocycles. The van der Waals surface area contributed by atoms with Crippen molar-refractivity contribution < 1.29 is 9.47 Å². The molecule has 0 spiro atoms. The molecule has 0 radical (unpaired) electrons. The summed E-state index contributed by atoms with van der Waals surface area (Å²) in [6.45, 7) is 11.1. The quantitative estimate of drug-likeness (QED) is 0.473. The zero-order valence-electron chi connectivity index (χ0n) is 15.5. The van der Waals surface area contributed by atoms with Crippen molar-refractivity contribution in [3.63, 3.8) is 0 Å². The van der Waals surface area contributed by atoms with E-state index < -0.39 is 0 Å². The first-order valence-corrected chi connectivity index (χ1v) is 8.86. The fourth-order valence-corrected chi connectivity index (χ4v) is 3.00. The number of hydrogen-bond acceptors (Lipinski definition) is 3. The van der Waals surface area contributed by atoms with Crippen molar-refractivity contribution in [1.29, 1.82) is 0 Å². The van der Waals surface area contributed by atoms with Crippen LogP contribution in [0.5, 0.6) is 5.75 Å². The number of hydrogen-bond donors (Lipinski definition) is 1. The molecule has 1 aromatic rings. The predicted octanol–water partition coefficient (Wildman–Crippen LogP) is 2.62. The fourth-order valence-electron chi connectivity index (χ4n) is 3.00. The first kappa shape index (κ1) is 18.6. The molecule has 5 nitrogen and oxygen atoms in total. The van der Waals surface area contributed by atoms with Crippen molar-refractivity contribution in [3.05, 3.63) is 29.3 Å². The second-order valence-electron chi connectivity index (χ2n) is 6.52. The number of rotatable bonds is 7. The molecule has 1 aliphatic rings. The van der Waals surface area contributed by atoms with Gasteiger partial charge in [0.15, 0.2) is 5.96 Å². The largest absolute Gasteiger partial charge is 0.492 e. The Kier molecular flexibility index (Phi) is 7.37. The summed E-state index contributed by atoms with van der Waals surface area (Å²) >= 11 is 0. The maximum Gasteiger partial charge on any atom is 0.193 e. The minimum atomic E-state index is 0.582. The summed E-state index contributed by atoms with van der Waals surface area (Å²) in [5.74, 6) is 2.46. The highest BCUT2D eigenvalue weighted by molar-refractivity contribution is 5.79. The summed E-state index contributed by atoms with van der Waals surface area (Å²) in [4.78, 5) is 6.88. The lowest BCUT2D eigenvalue weighted by atomic mass is 10.1. The van der Waals surface area contributed by atoms with E-state index >= 15 is 0 Å². The molecule has 1 unspecified atom stereocenters. The Labute approximate surface area is 146 Å². The van der Waals surface area contributed by atoms with Crippen LogP contribution in [0.4, 0.5) is 0 Å². The summed E-state index contributed by atoms with van der Waals surface area (Å²) in [7, 11) is 2.09. The number of ether oxygens (including phenoxy) is 2. The molecule has 1 aliphatic heterocycles. The van der Waals surface area contributed by atoms with Gasteiger partial charge in [0.2, 0.25) is 0 Å². The summed E-state index contributed by atoms with van der Waals surface area (Å²) in [6, 6.07) is 6.28. The molecule has 134 valence electrons. The minimum Gasteiger partial charge on any atom is -0.492 e. The van der Waals surface area contributed by atoms with Gasteiger partial charge in [0, 0.05) is 32.7 Å². The fraction of sp³-hybridized carbons (Fsp3) is 0.632. The number of guanidine groups is 1. The highest BCUT2D eigenvalue weighted by atomic mass is 16.5. The summed E-state index contributed by atoms with van der Waals surface area (Å²) in [5, 5.41) is 3.35. The Bertz CT molecular complexity index is 519. The minimum absolute atomic E-state index is 0.582. The molecule has 0 bridgehead atoms. The molecule has 1 heterocycles. The topological polar surface area (TPSA) is 46.1 Å². The van der Waals surface area contributed by atoms with Gasteiger partial charge in [-0.3, -0.25) is 0 Å². The summed E-state index contributed by atoms with van der Waals surface area (Å²) in [5.41, 5.74) is 2.45. The van der Waals surface area contributed by atoms with Crippen LogP contribution in [0.1, 0.15) is 24.5 Å². The molecule has 5 heteroatoms. The van der Waals surface area contributed by atoms with Crippen LogP contribution in [-0.4, -0.2) is 57.4 Å². The van der Waals surface area contributed by atoms with Gasteiger partial charge in [0.05, 0.1) is 13.2 Å². The number of nitrogens with zero attached hydrogens (tertiary/aromatic N) is 2. The van der Waals surface area contributed by atoms with Crippen molar-refractivity contribution in [3.8, 4) is 5.75 Å². The molecule has 1 fully saturated rings. The van der Waals surface area contributed by atoms with E-state index in [-0.39, 0.29) is 0 Å². The summed E-state index contributed by atoms with van der Waals surface area (Å²) in [6.07, 6.45) is 1.14. The van der Waals surface area contributed by atoms with Gasteiger partial charge in [-0.2, -0.15) is 0 Å². The lowest BCUT2D eigenvalue weighted by Crippen LogP contribution is -2.41. The standard InChI is InChI=1S/C19H31N3O2/c1-5-20-19(22(4)13-17-6-8-23-14-17)21-7-9-24-18-11-15(2)10-16(3)12-18/h10-12,17H,5-9,13-14H2,1-4H3,(H,20,21). The Morgan fingerprint density at radius 1 is 1.33 bits per heavy atom.